The first-order chi connectivity index (χ1) is 17.9. The van der Waals surface area contributed by atoms with Gasteiger partial charge in [0, 0.05) is 18.0 Å². The molecular formula is C27H21F5N4O2. The minimum atomic E-state index is -4.43. The highest BCUT2D eigenvalue weighted by atomic mass is 19.4. The molecular weight excluding hydrogens is 507 g/mol. The molecule has 2 aromatic carbocycles. The van der Waals surface area contributed by atoms with Gasteiger partial charge in [-0.25, -0.2) is 8.78 Å². The maximum Gasteiger partial charge on any atom is 0.416 e. The zero-order valence-electron chi connectivity index (χ0n) is 20.0. The predicted octanol–water partition coefficient (Wildman–Crippen LogP) is 5.30. The van der Waals surface area contributed by atoms with Crippen LogP contribution in [0.4, 0.5) is 22.0 Å². The Morgan fingerprint density at radius 2 is 1.89 bits per heavy atom. The first-order valence-corrected chi connectivity index (χ1v) is 11.5. The summed E-state index contributed by atoms with van der Waals surface area (Å²) in [5.41, 5.74) is 1.86. The third-order valence-corrected chi connectivity index (χ3v) is 6.20. The number of allylic oxidation sites excluding steroid dienone is 1. The molecule has 6 nitrogen and oxygen atoms in total. The maximum absolute atomic E-state index is 13.6. The summed E-state index contributed by atoms with van der Waals surface area (Å²) in [4.78, 5) is 30.3. The fraction of sp³-hybridized carbons (Fsp3) is 0.259. The second-order valence-electron chi connectivity index (χ2n) is 8.95. The van der Waals surface area contributed by atoms with E-state index in [-0.39, 0.29) is 5.56 Å². The van der Waals surface area contributed by atoms with Crippen LogP contribution in [0, 0.1) is 11.3 Å². The molecule has 0 saturated carbocycles. The Kier molecular flexibility index (Phi) is 7.18. The SMILES string of the molecule is C/C(=C\c1ccc2nccc(C(=O)NCC(=O)N3CC(F)(F)CC3C#N)c2c1)c1ccc(C(F)(F)F)cc1. The summed E-state index contributed by atoms with van der Waals surface area (Å²) in [5, 5.41) is 12.0. The van der Waals surface area contributed by atoms with E-state index in [1.54, 1.807) is 37.3 Å². The van der Waals surface area contributed by atoms with Gasteiger partial charge >= 0.3 is 6.18 Å². The van der Waals surface area contributed by atoms with Crippen molar-refractivity contribution >= 4 is 34.4 Å². The summed E-state index contributed by atoms with van der Waals surface area (Å²) in [7, 11) is 0. The number of carbonyl (C=O) groups excluding carboxylic acids is 2. The van der Waals surface area contributed by atoms with Crippen LogP contribution in [0.15, 0.2) is 54.7 Å². The lowest BCUT2D eigenvalue weighted by molar-refractivity contribution is -0.137. The lowest BCUT2D eigenvalue weighted by Gasteiger charge is -2.19. The van der Waals surface area contributed by atoms with Gasteiger partial charge in [-0.1, -0.05) is 24.3 Å². The fourth-order valence-electron chi connectivity index (χ4n) is 4.25. The van der Waals surface area contributed by atoms with Crippen LogP contribution in [0.3, 0.4) is 0 Å². The second-order valence-corrected chi connectivity index (χ2v) is 8.95. The van der Waals surface area contributed by atoms with E-state index in [4.69, 9.17) is 5.26 Å². The summed E-state index contributed by atoms with van der Waals surface area (Å²) < 4.78 is 65.8. The number of aromatic nitrogens is 1. The lowest BCUT2D eigenvalue weighted by Crippen LogP contribution is -2.43. The van der Waals surface area contributed by atoms with Gasteiger partial charge in [0.15, 0.2) is 0 Å². The van der Waals surface area contributed by atoms with Crippen molar-refractivity contribution in [2.75, 3.05) is 13.1 Å². The van der Waals surface area contributed by atoms with Crippen molar-refractivity contribution in [1.29, 1.82) is 5.26 Å². The molecule has 4 rings (SSSR count). The predicted molar refractivity (Wildman–Crippen MR) is 130 cm³/mol. The quantitative estimate of drug-likeness (QED) is 0.360. The van der Waals surface area contributed by atoms with Crippen LogP contribution in [-0.4, -0.2) is 46.8 Å². The van der Waals surface area contributed by atoms with Crippen LogP contribution in [0.25, 0.3) is 22.6 Å². The van der Waals surface area contributed by atoms with E-state index in [2.05, 4.69) is 10.3 Å². The summed E-state index contributed by atoms with van der Waals surface area (Å²) in [6.45, 7) is 0.293. The van der Waals surface area contributed by atoms with Crippen LogP contribution >= 0.6 is 0 Å². The third-order valence-electron chi connectivity index (χ3n) is 6.20. The molecule has 0 radical (unpaired) electrons. The number of rotatable bonds is 5. The maximum atomic E-state index is 13.6. The Hall–Kier alpha value is -4.33. The van der Waals surface area contributed by atoms with Crippen LogP contribution in [0.1, 0.15) is 40.4 Å². The number of benzene rings is 2. The van der Waals surface area contributed by atoms with Gasteiger partial charge in [0.2, 0.25) is 5.91 Å². The second kappa shape index (κ2) is 10.2. The first kappa shape index (κ1) is 26.7. The average molecular weight is 528 g/mol. The van der Waals surface area contributed by atoms with Gasteiger partial charge in [-0.05, 0) is 54.0 Å². The molecule has 0 aliphatic carbocycles. The van der Waals surface area contributed by atoms with Crippen molar-refractivity contribution in [3.05, 3.63) is 77.0 Å². The molecule has 11 heteroatoms. The van der Waals surface area contributed by atoms with Crippen molar-refractivity contribution in [1.82, 2.24) is 15.2 Å². The fourth-order valence-corrected chi connectivity index (χ4v) is 4.25. The summed E-state index contributed by atoms with van der Waals surface area (Å²) in [5.74, 6) is -4.59. The number of carbonyl (C=O) groups is 2. The van der Waals surface area contributed by atoms with Gasteiger partial charge in [0.25, 0.3) is 11.8 Å². The summed E-state index contributed by atoms with van der Waals surface area (Å²) in [6.07, 6.45) is -2.02. The highest BCUT2D eigenvalue weighted by Crippen LogP contribution is 2.32. The van der Waals surface area contributed by atoms with E-state index in [1.807, 2.05) is 0 Å². The van der Waals surface area contributed by atoms with Gasteiger partial charge in [-0.15, -0.1) is 0 Å². The van der Waals surface area contributed by atoms with Gasteiger partial charge in [-0.2, -0.15) is 18.4 Å². The molecule has 1 aromatic heterocycles. The van der Waals surface area contributed by atoms with Crippen LogP contribution < -0.4 is 5.32 Å². The van der Waals surface area contributed by atoms with Gasteiger partial charge < -0.3 is 10.2 Å². The monoisotopic (exact) mass is 528 g/mol. The molecule has 38 heavy (non-hydrogen) atoms. The number of nitrogens with zero attached hydrogens (tertiary/aromatic N) is 3. The largest absolute Gasteiger partial charge is 0.416 e. The lowest BCUT2D eigenvalue weighted by atomic mass is 10.0. The first-order valence-electron chi connectivity index (χ1n) is 11.5. The Bertz CT molecular complexity index is 1460. The Morgan fingerprint density at radius 3 is 2.55 bits per heavy atom. The van der Waals surface area contributed by atoms with E-state index < -0.39 is 55.0 Å². The molecule has 1 aliphatic rings. The molecule has 1 N–H and O–H groups in total. The Balaban J connectivity index is 1.53. The number of halogens is 5. The number of alkyl halides is 5. The van der Waals surface area contributed by atoms with Crippen LogP contribution in [0.2, 0.25) is 0 Å². The molecule has 1 atom stereocenters. The summed E-state index contributed by atoms with van der Waals surface area (Å²) in [6, 6.07) is 11.7. The standard InChI is InChI=1S/C27H21F5N4O2/c1-16(18-3-5-19(6-4-18)27(30,31)32)10-17-2-7-23-22(11-17)21(8-9-34-23)25(38)35-14-24(37)36-15-26(28,29)12-20(36)13-33/h2-11,20H,12,14-15H2,1H3,(H,35,38)/b16-10+. The van der Waals surface area contributed by atoms with E-state index in [9.17, 15) is 31.5 Å². The highest BCUT2D eigenvalue weighted by Gasteiger charge is 2.47. The molecule has 0 spiro atoms. The number of hydrogen-bond acceptors (Lipinski definition) is 4. The van der Waals surface area contributed by atoms with Crippen molar-refractivity contribution in [3.8, 4) is 6.07 Å². The number of pyridine rings is 1. The molecule has 1 unspecified atom stereocenters. The zero-order valence-corrected chi connectivity index (χ0v) is 20.0. The Labute approximate surface area is 214 Å². The third kappa shape index (κ3) is 5.80. The molecule has 0 bridgehead atoms. The molecule has 1 saturated heterocycles. The smallest absolute Gasteiger partial charge is 0.343 e. The molecule has 1 aliphatic heterocycles. The number of amides is 2. The number of nitrogens with one attached hydrogen (secondary N) is 1. The van der Waals surface area contributed by atoms with Crippen LogP contribution in [0.5, 0.6) is 0 Å². The normalized spacial score (nSPS) is 17.3. The number of fused-ring (bicyclic) bond motifs is 1. The van der Waals surface area contributed by atoms with Crippen molar-refractivity contribution in [2.24, 2.45) is 0 Å². The van der Waals surface area contributed by atoms with Crippen LogP contribution in [-0.2, 0) is 11.0 Å². The number of nitriles is 1. The van der Waals surface area contributed by atoms with E-state index in [0.717, 1.165) is 17.0 Å². The van der Waals surface area contributed by atoms with Gasteiger partial charge in [0.05, 0.1) is 35.8 Å². The Morgan fingerprint density at radius 1 is 1.18 bits per heavy atom. The molecule has 2 heterocycles. The molecule has 2 amide bonds. The van der Waals surface area contributed by atoms with Gasteiger partial charge in [0.1, 0.15) is 6.04 Å². The summed E-state index contributed by atoms with van der Waals surface area (Å²) >= 11 is 0. The molecule has 1 fully saturated rings. The zero-order chi connectivity index (χ0) is 27.7. The van der Waals surface area contributed by atoms with Crippen molar-refractivity contribution in [3.63, 3.8) is 0 Å². The highest BCUT2D eigenvalue weighted by molar-refractivity contribution is 6.07. The number of likely N-dealkylation sites (tertiary alicyclic amines) is 1. The minimum Gasteiger partial charge on any atom is -0.343 e. The number of hydrogen-bond donors (Lipinski definition) is 1. The topological polar surface area (TPSA) is 86.1 Å². The van der Waals surface area contributed by atoms with E-state index >= 15 is 0 Å². The van der Waals surface area contributed by atoms with E-state index in [0.29, 0.717) is 27.6 Å². The van der Waals surface area contributed by atoms with Crippen molar-refractivity contribution < 1.29 is 31.5 Å². The minimum absolute atomic E-state index is 0.189. The van der Waals surface area contributed by atoms with Gasteiger partial charge in [-0.3, -0.25) is 14.6 Å². The molecule has 196 valence electrons. The average Bonchev–Trinajstić information content (AvgIpc) is 3.20. The van der Waals surface area contributed by atoms with Crippen molar-refractivity contribution in [2.45, 2.75) is 31.5 Å². The molecule has 3 aromatic rings. The van der Waals surface area contributed by atoms with E-state index in [1.165, 1.54) is 24.4 Å².